The maximum Gasteiger partial charge on any atom is 0.259 e. The molecule has 0 atom stereocenters. The van der Waals surface area contributed by atoms with Crippen LogP contribution in [-0.2, 0) is 4.79 Å². The summed E-state index contributed by atoms with van der Waals surface area (Å²) in [4.78, 5) is 12.7. The molecule has 0 aliphatic carbocycles. The fraction of sp³-hybridized carbons (Fsp3) is 0.0769. The molecule has 2 N–H and O–H groups in total. The maximum atomic E-state index is 11.7. The summed E-state index contributed by atoms with van der Waals surface area (Å²) >= 11 is 11.8. The van der Waals surface area contributed by atoms with Crippen molar-refractivity contribution in [1.82, 2.24) is 5.43 Å². The zero-order chi connectivity index (χ0) is 15.2. The fourth-order valence-corrected chi connectivity index (χ4v) is 4.58. The van der Waals surface area contributed by atoms with E-state index in [1.807, 2.05) is 29.6 Å². The highest BCUT2D eigenvalue weighted by Gasteiger charge is 2.08. The fourth-order valence-electron chi connectivity index (χ4n) is 1.45. The van der Waals surface area contributed by atoms with Crippen molar-refractivity contribution >= 4 is 76.9 Å². The summed E-state index contributed by atoms with van der Waals surface area (Å²) in [5.41, 5.74) is 3.29. The summed E-state index contributed by atoms with van der Waals surface area (Å²) in [5.74, 6) is -0.218. The van der Waals surface area contributed by atoms with Gasteiger partial charge in [-0.3, -0.25) is 4.79 Å². The molecule has 0 saturated heterocycles. The van der Waals surface area contributed by atoms with Gasteiger partial charge in [0, 0.05) is 18.3 Å². The smallest absolute Gasteiger partial charge is 0.259 e. The minimum atomic E-state index is -0.218. The summed E-state index contributed by atoms with van der Waals surface area (Å²) in [7, 11) is 0. The first-order valence-corrected chi connectivity index (χ1v) is 9.06. The van der Waals surface area contributed by atoms with Crippen molar-refractivity contribution in [3.8, 4) is 0 Å². The van der Waals surface area contributed by atoms with E-state index in [0.717, 1.165) is 24.0 Å². The molecule has 0 aliphatic rings. The van der Waals surface area contributed by atoms with Crippen LogP contribution in [0.5, 0.6) is 0 Å². The Morgan fingerprint density at radius 1 is 1.29 bits per heavy atom. The number of carbonyl (C=O) groups is 1. The molecule has 0 bridgehead atoms. The predicted octanol–water partition coefficient (Wildman–Crippen LogP) is 4.60. The number of benzene rings is 1. The molecule has 8 heteroatoms. The number of nitrogens with one attached hydrogen (secondary N) is 2. The van der Waals surface area contributed by atoms with Gasteiger partial charge >= 0.3 is 0 Å². The quantitative estimate of drug-likeness (QED) is 0.470. The molecule has 4 nitrogen and oxygen atoms in total. The Bertz CT molecular complexity index is 636. The van der Waals surface area contributed by atoms with Crippen LogP contribution in [0.1, 0.15) is 4.88 Å². The summed E-state index contributed by atoms with van der Waals surface area (Å²) in [6, 6.07) is 7.66. The highest BCUT2D eigenvalue weighted by Crippen LogP contribution is 2.34. The van der Waals surface area contributed by atoms with E-state index in [4.69, 9.17) is 0 Å². The van der Waals surface area contributed by atoms with Crippen LogP contribution in [0.3, 0.4) is 0 Å². The van der Waals surface area contributed by atoms with E-state index in [9.17, 15) is 4.79 Å². The highest BCUT2D eigenvalue weighted by atomic mass is 79.9. The Kier molecular flexibility index (Phi) is 6.40. The van der Waals surface area contributed by atoms with E-state index in [0.29, 0.717) is 0 Å². The molecule has 1 amide bonds. The van der Waals surface area contributed by atoms with Crippen LogP contribution in [0, 0.1) is 0 Å². The van der Waals surface area contributed by atoms with Gasteiger partial charge < -0.3 is 5.32 Å². The normalized spacial score (nSPS) is 10.8. The Morgan fingerprint density at radius 3 is 2.62 bits per heavy atom. The molecular formula is C13H10Br3N3OS. The summed E-state index contributed by atoms with van der Waals surface area (Å²) < 4.78 is 2.66. The van der Waals surface area contributed by atoms with Crippen molar-refractivity contribution in [3.05, 3.63) is 47.9 Å². The molecule has 0 unspecified atom stereocenters. The standard InChI is InChI=1S/C13H10Br3N3OS/c14-8-4-10(15)13(11(16)5-8)17-7-12(20)19-18-6-9-2-1-3-21-9/h1-6,17H,7H2,(H,19,20)/b18-6+. The number of amides is 1. The van der Waals surface area contributed by atoms with Crippen LogP contribution in [-0.4, -0.2) is 18.7 Å². The predicted molar refractivity (Wildman–Crippen MR) is 98.1 cm³/mol. The maximum absolute atomic E-state index is 11.7. The van der Waals surface area contributed by atoms with Gasteiger partial charge in [0.15, 0.2) is 0 Å². The third-order valence-corrected chi connectivity index (χ3v) is 4.87. The summed E-state index contributed by atoms with van der Waals surface area (Å²) in [6.07, 6.45) is 1.62. The lowest BCUT2D eigenvalue weighted by atomic mass is 10.3. The van der Waals surface area contributed by atoms with Crippen molar-refractivity contribution in [2.24, 2.45) is 5.10 Å². The van der Waals surface area contributed by atoms with Crippen LogP contribution in [0.25, 0.3) is 0 Å². The lowest BCUT2D eigenvalue weighted by Gasteiger charge is -2.10. The minimum Gasteiger partial charge on any atom is -0.374 e. The number of thiophene rings is 1. The van der Waals surface area contributed by atoms with Crippen molar-refractivity contribution < 1.29 is 4.79 Å². The highest BCUT2D eigenvalue weighted by molar-refractivity contribution is 9.11. The zero-order valence-corrected chi connectivity index (χ0v) is 16.1. The van der Waals surface area contributed by atoms with Gasteiger partial charge in [-0.2, -0.15) is 5.10 Å². The largest absolute Gasteiger partial charge is 0.374 e. The molecule has 0 spiro atoms. The molecule has 0 aliphatic heterocycles. The topological polar surface area (TPSA) is 53.5 Å². The van der Waals surface area contributed by atoms with Crippen LogP contribution < -0.4 is 10.7 Å². The number of carbonyl (C=O) groups excluding carboxylic acids is 1. The number of rotatable bonds is 5. The molecule has 2 aromatic rings. The molecule has 0 saturated carbocycles. The van der Waals surface area contributed by atoms with E-state index >= 15 is 0 Å². The summed E-state index contributed by atoms with van der Waals surface area (Å²) in [6.45, 7) is 0.126. The monoisotopic (exact) mass is 493 g/mol. The lowest BCUT2D eigenvalue weighted by molar-refractivity contribution is -0.119. The van der Waals surface area contributed by atoms with Gasteiger partial charge in [0.05, 0.1) is 18.4 Å². The molecule has 1 aromatic carbocycles. The second-order valence-corrected chi connectivity index (χ2v) is 7.51. The second kappa shape index (κ2) is 8.07. The molecule has 0 fully saturated rings. The number of hydrazone groups is 1. The van der Waals surface area contributed by atoms with Crippen LogP contribution in [0.4, 0.5) is 5.69 Å². The Labute approximate surface area is 151 Å². The van der Waals surface area contributed by atoms with Gasteiger partial charge in [-0.25, -0.2) is 5.43 Å². The van der Waals surface area contributed by atoms with E-state index in [1.54, 1.807) is 17.6 Å². The molecule has 1 aromatic heterocycles. The van der Waals surface area contributed by atoms with E-state index in [-0.39, 0.29) is 12.5 Å². The van der Waals surface area contributed by atoms with Crippen LogP contribution >= 0.6 is 59.1 Å². The van der Waals surface area contributed by atoms with Gasteiger partial charge in [0.2, 0.25) is 0 Å². The molecule has 1 heterocycles. The van der Waals surface area contributed by atoms with Crippen LogP contribution in [0.15, 0.2) is 48.2 Å². The van der Waals surface area contributed by atoms with Gasteiger partial charge in [0.1, 0.15) is 0 Å². The third kappa shape index (κ3) is 5.21. The van der Waals surface area contributed by atoms with Crippen molar-refractivity contribution in [2.75, 3.05) is 11.9 Å². The van der Waals surface area contributed by atoms with Crippen LogP contribution in [0.2, 0.25) is 0 Å². The minimum absolute atomic E-state index is 0.126. The third-order valence-electron chi connectivity index (χ3n) is 2.36. The van der Waals surface area contributed by atoms with E-state index in [1.165, 1.54) is 0 Å². The molecule has 0 radical (unpaired) electrons. The Balaban J connectivity index is 1.87. The summed E-state index contributed by atoms with van der Waals surface area (Å²) in [5, 5.41) is 8.91. The van der Waals surface area contributed by atoms with Crippen molar-refractivity contribution in [2.45, 2.75) is 0 Å². The number of halogens is 3. The van der Waals surface area contributed by atoms with Gasteiger partial charge in [0.25, 0.3) is 5.91 Å². The first kappa shape index (κ1) is 16.7. The van der Waals surface area contributed by atoms with Crippen molar-refractivity contribution in [3.63, 3.8) is 0 Å². The first-order chi connectivity index (χ1) is 10.1. The SMILES string of the molecule is O=C(CNc1c(Br)cc(Br)cc1Br)N/N=C/c1cccs1. The molecule has 110 valence electrons. The Morgan fingerprint density at radius 2 is 2.00 bits per heavy atom. The average molecular weight is 496 g/mol. The number of nitrogens with zero attached hydrogens (tertiary/aromatic N) is 1. The lowest BCUT2D eigenvalue weighted by Crippen LogP contribution is -2.26. The van der Waals surface area contributed by atoms with E-state index in [2.05, 4.69) is 63.6 Å². The Hall–Kier alpha value is -0.700. The number of hydrogen-bond acceptors (Lipinski definition) is 4. The van der Waals surface area contributed by atoms with Gasteiger partial charge in [-0.05, 0) is 55.4 Å². The number of anilines is 1. The van der Waals surface area contributed by atoms with Crippen molar-refractivity contribution in [1.29, 1.82) is 0 Å². The molecule has 2 rings (SSSR count). The number of hydrogen-bond donors (Lipinski definition) is 2. The second-order valence-electron chi connectivity index (χ2n) is 3.91. The molecular weight excluding hydrogens is 486 g/mol. The zero-order valence-electron chi connectivity index (χ0n) is 10.6. The van der Waals surface area contributed by atoms with Gasteiger partial charge in [-0.1, -0.05) is 22.0 Å². The van der Waals surface area contributed by atoms with Gasteiger partial charge in [-0.15, -0.1) is 11.3 Å². The molecule has 21 heavy (non-hydrogen) atoms. The van der Waals surface area contributed by atoms with E-state index < -0.39 is 0 Å². The first-order valence-electron chi connectivity index (χ1n) is 5.80. The average Bonchev–Trinajstić information content (AvgIpc) is 2.90.